The highest BCUT2D eigenvalue weighted by Gasteiger charge is 2.35. The molecule has 1 saturated heterocycles. The van der Waals surface area contributed by atoms with Gasteiger partial charge in [-0.15, -0.1) is 0 Å². The second-order valence-electron chi connectivity index (χ2n) is 5.69. The Hall–Kier alpha value is -2.84. The van der Waals surface area contributed by atoms with E-state index in [1.54, 1.807) is 0 Å². The number of carboxylic acids is 1. The van der Waals surface area contributed by atoms with Gasteiger partial charge in [-0.1, -0.05) is 6.07 Å². The number of likely N-dealkylation sites (tertiary alicyclic amines) is 1. The molecule has 1 N–H and O–H groups in total. The summed E-state index contributed by atoms with van der Waals surface area (Å²) in [5.74, 6) is -1.63. The molecule has 0 spiro atoms. The highest BCUT2D eigenvalue weighted by molar-refractivity contribution is 5.95. The quantitative estimate of drug-likeness (QED) is 0.920. The standard InChI is InChI=1S/C16H14F3N3O3/c17-16(18,19)10-3-1-4-11(9-10)22-8-6-12(20-22)14(23)21-7-2-5-13(21)15(24)25/h1,3-4,6,8-9,13H,2,5,7H2,(H,24,25)/t13-/m1/s1. The molecule has 1 aliphatic rings. The van der Waals surface area contributed by atoms with Crippen molar-refractivity contribution in [3.05, 3.63) is 47.8 Å². The molecule has 0 radical (unpaired) electrons. The number of rotatable bonds is 3. The predicted molar refractivity (Wildman–Crippen MR) is 80.3 cm³/mol. The first-order valence-electron chi connectivity index (χ1n) is 7.54. The van der Waals surface area contributed by atoms with Crippen LogP contribution in [0, 0.1) is 0 Å². The van der Waals surface area contributed by atoms with Gasteiger partial charge < -0.3 is 10.0 Å². The Kier molecular flexibility index (Phi) is 4.23. The Morgan fingerprint density at radius 2 is 2.00 bits per heavy atom. The maximum absolute atomic E-state index is 12.8. The van der Waals surface area contributed by atoms with E-state index in [9.17, 15) is 22.8 Å². The fourth-order valence-corrected chi connectivity index (χ4v) is 2.82. The number of carbonyl (C=O) groups is 2. The molecule has 1 aliphatic heterocycles. The van der Waals surface area contributed by atoms with Gasteiger partial charge in [-0.2, -0.15) is 18.3 Å². The van der Waals surface area contributed by atoms with E-state index in [0.717, 1.165) is 16.8 Å². The number of alkyl halides is 3. The molecule has 2 aromatic rings. The van der Waals surface area contributed by atoms with Crippen LogP contribution in [0.25, 0.3) is 5.69 Å². The maximum atomic E-state index is 12.8. The van der Waals surface area contributed by atoms with Crippen molar-refractivity contribution in [2.24, 2.45) is 0 Å². The molecule has 0 saturated carbocycles. The number of carbonyl (C=O) groups excluding carboxylic acids is 1. The number of carboxylic acid groups (broad SMARTS) is 1. The normalized spacial score (nSPS) is 17.7. The van der Waals surface area contributed by atoms with E-state index in [0.29, 0.717) is 19.4 Å². The van der Waals surface area contributed by atoms with Gasteiger partial charge in [0.15, 0.2) is 5.69 Å². The zero-order valence-electron chi connectivity index (χ0n) is 12.9. The smallest absolute Gasteiger partial charge is 0.416 e. The van der Waals surface area contributed by atoms with E-state index >= 15 is 0 Å². The first kappa shape index (κ1) is 17.0. The Morgan fingerprint density at radius 3 is 2.68 bits per heavy atom. The SMILES string of the molecule is O=C(O)[C@H]1CCCN1C(=O)c1ccn(-c2cccc(C(F)(F)F)c2)n1. The summed E-state index contributed by atoms with van der Waals surface area (Å²) in [5, 5.41) is 13.2. The molecule has 3 rings (SSSR count). The van der Waals surface area contributed by atoms with Crippen molar-refractivity contribution in [2.75, 3.05) is 6.54 Å². The van der Waals surface area contributed by atoms with Gasteiger partial charge in [0.05, 0.1) is 11.3 Å². The van der Waals surface area contributed by atoms with Gasteiger partial charge in [0, 0.05) is 12.7 Å². The van der Waals surface area contributed by atoms with Crippen molar-refractivity contribution in [1.82, 2.24) is 14.7 Å². The molecule has 25 heavy (non-hydrogen) atoms. The molecular weight excluding hydrogens is 339 g/mol. The largest absolute Gasteiger partial charge is 0.480 e. The number of nitrogens with zero attached hydrogens (tertiary/aromatic N) is 3. The predicted octanol–water partition coefficient (Wildman–Crippen LogP) is 2.58. The summed E-state index contributed by atoms with van der Waals surface area (Å²) in [7, 11) is 0. The second-order valence-corrected chi connectivity index (χ2v) is 5.69. The molecule has 1 aromatic carbocycles. The number of benzene rings is 1. The van der Waals surface area contributed by atoms with Gasteiger partial charge in [0.25, 0.3) is 5.91 Å². The molecule has 1 atom stereocenters. The van der Waals surface area contributed by atoms with Gasteiger partial charge in [-0.25, -0.2) is 9.48 Å². The number of aliphatic carboxylic acids is 1. The summed E-state index contributed by atoms with van der Waals surface area (Å²) >= 11 is 0. The van der Waals surface area contributed by atoms with Gasteiger partial charge >= 0.3 is 12.1 Å². The Bertz CT molecular complexity index is 816. The Morgan fingerprint density at radius 1 is 1.24 bits per heavy atom. The lowest BCUT2D eigenvalue weighted by molar-refractivity contribution is -0.141. The van der Waals surface area contributed by atoms with Gasteiger partial charge in [0.1, 0.15) is 6.04 Å². The van der Waals surface area contributed by atoms with Gasteiger partial charge in [0.2, 0.25) is 0 Å². The Balaban J connectivity index is 1.86. The lowest BCUT2D eigenvalue weighted by Gasteiger charge is -2.20. The topological polar surface area (TPSA) is 75.4 Å². The van der Waals surface area contributed by atoms with Crippen molar-refractivity contribution in [1.29, 1.82) is 0 Å². The molecule has 0 bridgehead atoms. The summed E-state index contributed by atoms with van der Waals surface area (Å²) in [6.07, 6.45) is -2.16. The molecule has 1 aromatic heterocycles. The monoisotopic (exact) mass is 353 g/mol. The van der Waals surface area contributed by atoms with E-state index in [1.165, 1.54) is 29.3 Å². The van der Waals surface area contributed by atoms with E-state index in [4.69, 9.17) is 5.11 Å². The van der Waals surface area contributed by atoms with Crippen LogP contribution in [0.3, 0.4) is 0 Å². The van der Waals surface area contributed by atoms with Crippen LogP contribution in [0.5, 0.6) is 0 Å². The van der Waals surface area contributed by atoms with E-state index in [-0.39, 0.29) is 11.4 Å². The van der Waals surface area contributed by atoms with Crippen LogP contribution in [0.15, 0.2) is 36.5 Å². The molecule has 0 aliphatic carbocycles. The molecule has 1 fully saturated rings. The molecule has 1 amide bonds. The lowest BCUT2D eigenvalue weighted by atomic mass is 10.2. The van der Waals surface area contributed by atoms with E-state index < -0.39 is 29.7 Å². The van der Waals surface area contributed by atoms with Gasteiger partial charge in [-0.05, 0) is 37.1 Å². The third-order valence-electron chi connectivity index (χ3n) is 4.04. The van der Waals surface area contributed by atoms with E-state index in [1.807, 2.05) is 0 Å². The Labute approximate surface area is 140 Å². The third kappa shape index (κ3) is 3.35. The van der Waals surface area contributed by atoms with Crippen molar-refractivity contribution < 1.29 is 27.9 Å². The van der Waals surface area contributed by atoms with Crippen molar-refractivity contribution in [2.45, 2.75) is 25.1 Å². The molecule has 6 nitrogen and oxygen atoms in total. The average Bonchev–Trinajstić information content (AvgIpc) is 3.23. The number of halogens is 3. The summed E-state index contributed by atoms with van der Waals surface area (Å²) in [4.78, 5) is 24.8. The third-order valence-corrected chi connectivity index (χ3v) is 4.04. The molecular formula is C16H14F3N3O3. The van der Waals surface area contributed by atoms with Crippen LogP contribution < -0.4 is 0 Å². The van der Waals surface area contributed by atoms with Crippen LogP contribution in [0.4, 0.5) is 13.2 Å². The molecule has 132 valence electrons. The number of hydrogen-bond donors (Lipinski definition) is 1. The average molecular weight is 353 g/mol. The minimum Gasteiger partial charge on any atom is -0.480 e. The first-order chi connectivity index (χ1) is 11.8. The molecule has 0 unspecified atom stereocenters. The molecule has 2 heterocycles. The zero-order valence-corrected chi connectivity index (χ0v) is 12.9. The number of aromatic nitrogens is 2. The van der Waals surface area contributed by atoms with Crippen molar-refractivity contribution >= 4 is 11.9 Å². The number of hydrogen-bond acceptors (Lipinski definition) is 3. The van der Waals surface area contributed by atoms with Crippen LogP contribution >= 0.6 is 0 Å². The summed E-state index contributed by atoms with van der Waals surface area (Å²) in [5.41, 5.74) is -0.672. The van der Waals surface area contributed by atoms with Crippen LogP contribution in [0.1, 0.15) is 28.9 Å². The fourth-order valence-electron chi connectivity index (χ4n) is 2.82. The summed E-state index contributed by atoms with van der Waals surface area (Å²) in [6, 6.07) is 5.03. The van der Waals surface area contributed by atoms with Crippen LogP contribution in [0.2, 0.25) is 0 Å². The zero-order chi connectivity index (χ0) is 18.2. The lowest BCUT2D eigenvalue weighted by Crippen LogP contribution is -2.40. The van der Waals surface area contributed by atoms with Crippen molar-refractivity contribution in [3.63, 3.8) is 0 Å². The number of amides is 1. The van der Waals surface area contributed by atoms with Crippen molar-refractivity contribution in [3.8, 4) is 5.69 Å². The fraction of sp³-hybridized carbons (Fsp3) is 0.312. The molecule has 9 heteroatoms. The minimum absolute atomic E-state index is 0.00874. The second kappa shape index (κ2) is 6.23. The minimum atomic E-state index is -4.48. The van der Waals surface area contributed by atoms with Crippen LogP contribution in [-0.4, -0.2) is 44.3 Å². The maximum Gasteiger partial charge on any atom is 0.416 e. The highest BCUT2D eigenvalue weighted by atomic mass is 19.4. The highest BCUT2D eigenvalue weighted by Crippen LogP contribution is 2.30. The summed E-state index contributed by atoms with van der Waals surface area (Å²) in [6.45, 7) is 0.312. The van der Waals surface area contributed by atoms with E-state index in [2.05, 4.69) is 5.10 Å². The van der Waals surface area contributed by atoms with Crippen LogP contribution in [-0.2, 0) is 11.0 Å². The van der Waals surface area contributed by atoms with Gasteiger partial charge in [-0.3, -0.25) is 4.79 Å². The summed E-state index contributed by atoms with van der Waals surface area (Å²) < 4.78 is 39.5. The first-order valence-corrected chi connectivity index (χ1v) is 7.54.